The second-order valence-electron chi connectivity index (χ2n) is 7.07. The fourth-order valence-corrected chi connectivity index (χ4v) is 6.18. The third-order valence-corrected chi connectivity index (χ3v) is 8.38. The van der Waals surface area contributed by atoms with Crippen LogP contribution >= 0.6 is 11.6 Å². The van der Waals surface area contributed by atoms with Gasteiger partial charge in [0.25, 0.3) is 5.91 Å². The highest BCUT2D eigenvalue weighted by Gasteiger charge is 2.33. The molecule has 162 valence electrons. The lowest BCUT2D eigenvalue weighted by Crippen LogP contribution is -2.37. The molecule has 30 heavy (non-hydrogen) atoms. The maximum atomic E-state index is 13.2. The van der Waals surface area contributed by atoms with Crippen molar-refractivity contribution in [1.82, 2.24) is 9.62 Å². The molecule has 1 aliphatic heterocycles. The van der Waals surface area contributed by atoms with Gasteiger partial charge in [-0.05, 0) is 42.3 Å². The predicted octanol–water partition coefficient (Wildman–Crippen LogP) is 2.22. The van der Waals surface area contributed by atoms with E-state index < -0.39 is 25.7 Å². The van der Waals surface area contributed by atoms with Crippen molar-refractivity contribution in [3.63, 3.8) is 0 Å². The minimum atomic E-state index is -3.89. The highest BCUT2D eigenvalue weighted by atomic mass is 35.5. The summed E-state index contributed by atoms with van der Waals surface area (Å²) in [6, 6.07) is 9.09. The summed E-state index contributed by atoms with van der Waals surface area (Å²) >= 11 is 5.64. The van der Waals surface area contributed by atoms with Gasteiger partial charge in [-0.2, -0.15) is 0 Å². The van der Waals surface area contributed by atoms with Gasteiger partial charge in [0, 0.05) is 25.2 Å². The Morgan fingerprint density at radius 1 is 1.23 bits per heavy atom. The molecule has 1 fully saturated rings. The predicted molar refractivity (Wildman–Crippen MR) is 111 cm³/mol. The van der Waals surface area contributed by atoms with Crippen molar-refractivity contribution in [2.24, 2.45) is 0 Å². The van der Waals surface area contributed by atoms with Crippen LogP contribution in [-0.2, 0) is 26.4 Å². The van der Waals surface area contributed by atoms with Gasteiger partial charge in [-0.15, -0.1) is 0 Å². The van der Waals surface area contributed by atoms with E-state index in [2.05, 4.69) is 4.72 Å². The lowest BCUT2D eigenvalue weighted by Gasteiger charge is -2.23. The first-order chi connectivity index (χ1) is 14.0. The molecule has 11 heteroatoms. The van der Waals surface area contributed by atoms with Crippen LogP contribution in [0.5, 0.6) is 0 Å². The molecule has 1 atom stereocenters. The Bertz CT molecular complexity index is 1170. The van der Waals surface area contributed by atoms with Gasteiger partial charge in [-0.1, -0.05) is 23.7 Å². The molecule has 0 spiro atoms. The summed E-state index contributed by atoms with van der Waals surface area (Å²) in [5.41, 5.74) is 0.980. The summed E-state index contributed by atoms with van der Waals surface area (Å²) in [4.78, 5) is 13.9. The summed E-state index contributed by atoms with van der Waals surface area (Å²) < 4.78 is 63.5. The minimum absolute atomic E-state index is 0.0392. The number of sulfonamides is 1. The largest absolute Gasteiger partial charge is 0.338 e. The van der Waals surface area contributed by atoms with Gasteiger partial charge in [0.2, 0.25) is 10.0 Å². The molecule has 0 radical (unpaired) electrons. The molecule has 7 nitrogen and oxygen atoms in total. The Balaban J connectivity index is 1.64. The van der Waals surface area contributed by atoms with Crippen molar-refractivity contribution in [3.8, 4) is 0 Å². The number of sulfone groups is 1. The first kappa shape index (κ1) is 22.7. The number of hydrogen-bond acceptors (Lipinski definition) is 5. The number of rotatable bonds is 6. The maximum Gasteiger partial charge on any atom is 0.253 e. The molecule has 0 saturated carbocycles. The first-order valence-electron chi connectivity index (χ1n) is 9.00. The van der Waals surface area contributed by atoms with Gasteiger partial charge in [0.1, 0.15) is 5.82 Å². The average molecular weight is 475 g/mol. The monoisotopic (exact) mass is 474 g/mol. The SMILES string of the molecule is CN(C(=O)c1ccc(CNS(=O)(=O)c2ccc(F)c(Cl)c2)cc1)C1CCS(=O)(=O)C1. The van der Waals surface area contributed by atoms with E-state index >= 15 is 0 Å². The van der Waals surface area contributed by atoms with Crippen LogP contribution in [0.25, 0.3) is 0 Å². The molecule has 2 aromatic rings. The van der Waals surface area contributed by atoms with E-state index in [0.717, 1.165) is 18.2 Å². The van der Waals surface area contributed by atoms with Crippen molar-refractivity contribution in [2.75, 3.05) is 18.6 Å². The molecule has 0 aromatic heterocycles. The first-order valence-corrected chi connectivity index (χ1v) is 12.7. The van der Waals surface area contributed by atoms with Crippen LogP contribution < -0.4 is 4.72 Å². The van der Waals surface area contributed by atoms with Gasteiger partial charge in [-0.25, -0.2) is 25.9 Å². The highest BCUT2D eigenvalue weighted by Crippen LogP contribution is 2.20. The molecule has 1 saturated heterocycles. The summed E-state index contributed by atoms with van der Waals surface area (Å²) in [5, 5.41) is -0.292. The number of carbonyl (C=O) groups excluding carboxylic acids is 1. The Kier molecular flexibility index (Phi) is 6.51. The fourth-order valence-electron chi connectivity index (χ4n) is 3.12. The quantitative estimate of drug-likeness (QED) is 0.691. The summed E-state index contributed by atoms with van der Waals surface area (Å²) in [6.45, 7) is -0.0392. The molecule has 1 N–H and O–H groups in total. The smallest absolute Gasteiger partial charge is 0.253 e. The zero-order chi connectivity index (χ0) is 22.1. The van der Waals surface area contributed by atoms with E-state index in [1.165, 1.54) is 4.90 Å². The van der Waals surface area contributed by atoms with Crippen LogP contribution in [0.1, 0.15) is 22.3 Å². The van der Waals surface area contributed by atoms with E-state index in [1.807, 2.05) is 0 Å². The van der Waals surface area contributed by atoms with Gasteiger partial charge in [-0.3, -0.25) is 4.79 Å². The molecule has 0 aliphatic carbocycles. The van der Waals surface area contributed by atoms with Crippen molar-refractivity contribution >= 4 is 37.4 Å². The van der Waals surface area contributed by atoms with Crippen LogP contribution in [-0.4, -0.2) is 52.2 Å². The molecular formula is C19H20ClFN2O5S2. The van der Waals surface area contributed by atoms with Gasteiger partial charge in [0.05, 0.1) is 21.4 Å². The molecule has 2 aromatic carbocycles. The number of benzene rings is 2. The Morgan fingerprint density at radius 3 is 2.47 bits per heavy atom. The van der Waals surface area contributed by atoms with Crippen molar-refractivity contribution < 1.29 is 26.0 Å². The normalized spacial score (nSPS) is 18.3. The van der Waals surface area contributed by atoms with Crippen molar-refractivity contribution in [1.29, 1.82) is 0 Å². The summed E-state index contributed by atoms with van der Waals surface area (Å²) in [6.07, 6.45) is 0.415. The topological polar surface area (TPSA) is 101 Å². The number of halogens is 2. The summed E-state index contributed by atoms with van der Waals surface area (Å²) in [7, 11) is -5.42. The number of carbonyl (C=O) groups is 1. The standard InChI is InChI=1S/C19H20ClFN2O5S2/c1-23(15-8-9-29(25,26)12-15)19(24)14-4-2-13(3-5-14)11-22-30(27,28)16-6-7-18(21)17(20)10-16/h2-7,10,15,22H,8-9,11-12H2,1H3. The molecule has 1 heterocycles. The highest BCUT2D eigenvalue weighted by molar-refractivity contribution is 7.91. The fraction of sp³-hybridized carbons (Fsp3) is 0.316. The molecule has 1 amide bonds. The van der Waals surface area contributed by atoms with Crippen LogP contribution in [0.3, 0.4) is 0 Å². The number of nitrogens with one attached hydrogen (secondary N) is 1. The second kappa shape index (κ2) is 8.62. The van der Waals surface area contributed by atoms with Crippen molar-refractivity contribution in [2.45, 2.75) is 23.9 Å². The zero-order valence-electron chi connectivity index (χ0n) is 16.0. The maximum absolute atomic E-state index is 13.2. The number of hydrogen-bond donors (Lipinski definition) is 1. The Hall–Kier alpha value is -2.01. The lowest BCUT2D eigenvalue weighted by molar-refractivity contribution is 0.0747. The second-order valence-corrected chi connectivity index (χ2v) is 11.5. The van der Waals surface area contributed by atoms with Crippen LogP contribution in [0.4, 0.5) is 4.39 Å². The van der Waals surface area contributed by atoms with E-state index in [9.17, 15) is 26.0 Å². The van der Waals surface area contributed by atoms with E-state index in [1.54, 1.807) is 31.3 Å². The van der Waals surface area contributed by atoms with E-state index in [4.69, 9.17) is 11.6 Å². The third kappa shape index (κ3) is 5.18. The number of amides is 1. The lowest BCUT2D eigenvalue weighted by atomic mass is 10.1. The Morgan fingerprint density at radius 2 is 1.90 bits per heavy atom. The van der Waals surface area contributed by atoms with Gasteiger partial charge >= 0.3 is 0 Å². The third-order valence-electron chi connectivity index (χ3n) is 4.95. The molecule has 0 bridgehead atoms. The molecule has 1 aliphatic rings. The molecular weight excluding hydrogens is 455 g/mol. The van der Waals surface area contributed by atoms with E-state index in [0.29, 0.717) is 17.5 Å². The summed E-state index contributed by atoms with van der Waals surface area (Å²) in [5.74, 6) is -0.975. The molecule has 1 unspecified atom stereocenters. The average Bonchev–Trinajstić information content (AvgIpc) is 3.07. The Labute approximate surface area is 179 Å². The van der Waals surface area contributed by atoms with Gasteiger partial charge < -0.3 is 4.90 Å². The number of nitrogens with zero attached hydrogens (tertiary/aromatic N) is 1. The van der Waals surface area contributed by atoms with Gasteiger partial charge in [0.15, 0.2) is 9.84 Å². The van der Waals surface area contributed by atoms with E-state index in [-0.39, 0.29) is 39.9 Å². The molecule has 3 rings (SSSR count). The van der Waals surface area contributed by atoms with Crippen molar-refractivity contribution in [3.05, 3.63) is 64.4 Å². The zero-order valence-corrected chi connectivity index (χ0v) is 18.4. The van der Waals surface area contributed by atoms with Crippen LogP contribution in [0, 0.1) is 5.82 Å². The minimum Gasteiger partial charge on any atom is -0.338 e. The van der Waals surface area contributed by atoms with Crippen LogP contribution in [0.15, 0.2) is 47.4 Å². The van der Waals surface area contributed by atoms with Crippen LogP contribution in [0.2, 0.25) is 5.02 Å².